The summed E-state index contributed by atoms with van der Waals surface area (Å²) in [5, 5.41) is 21.3. The van der Waals surface area contributed by atoms with Gasteiger partial charge in [-0.3, -0.25) is 9.59 Å². The largest absolute Gasteiger partial charge is 0.508 e. The number of benzene rings is 2. The molecular weight excluding hydrogens is 446 g/mol. The summed E-state index contributed by atoms with van der Waals surface area (Å²) in [5.74, 6) is -1.12. The molecule has 8 heteroatoms. The molecule has 35 heavy (non-hydrogen) atoms. The van der Waals surface area contributed by atoms with Crippen LogP contribution in [0.1, 0.15) is 43.4 Å². The van der Waals surface area contributed by atoms with E-state index in [4.69, 9.17) is 4.74 Å². The Bertz CT molecular complexity index is 1220. The van der Waals surface area contributed by atoms with E-state index >= 15 is 0 Å². The van der Waals surface area contributed by atoms with Crippen molar-refractivity contribution in [3.63, 3.8) is 0 Å². The van der Waals surface area contributed by atoms with Crippen molar-refractivity contribution in [1.29, 1.82) is 0 Å². The third-order valence-electron chi connectivity index (χ3n) is 5.97. The number of aryl methyl sites for hydroxylation is 1. The first-order valence-electron chi connectivity index (χ1n) is 11.8. The molecule has 2 N–H and O–H groups in total. The summed E-state index contributed by atoms with van der Waals surface area (Å²) in [6, 6.07) is 12.5. The third kappa shape index (κ3) is 5.37. The number of nitrogens with zero attached hydrogens (tertiary/aromatic N) is 3. The van der Waals surface area contributed by atoms with Gasteiger partial charge in [-0.1, -0.05) is 37.6 Å². The van der Waals surface area contributed by atoms with Crippen molar-refractivity contribution < 1.29 is 24.5 Å². The van der Waals surface area contributed by atoms with Crippen LogP contribution in [0, 0.1) is 0 Å². The molecule has 0 saturated carbocycles. The van der Waals surface area contributed by atoms with E-state index in [0.29, 0.717) is 43.0 Å². The Kier molecular flexibility index (Phi) is 7.50. The van der Waals surface area contributed by atoms with Crippen LogP contribution in [-0.2, 0) is 16.1 Å². The Balaban J connectivity index is 1.69. The molecule has 1 aliphatic heterocycles. The van der Waals surface area contributed by atoms with E-state index < -0.39 is 17.7 Å². The maximum absolute atomic E-state index is 13.2. The topological polar surface area (TPSA) is 105 Å². The minimum atomic E-state index is -0.824. The molecular formula is C27H29N3O5. The van der Waals surface area contributed by atoms with Gasteiger partial charge in [-0.05, 0) is 42.7 Å². The summed E-state index contributed by atoms with van der Waals surface area (Å²) in [7, 11) is 0. The molecule has 1 aromatic heterocycles. The summed E-state index contributed by atoms with van der Waals surface area (Å²) in [6.45, 7) is 3.53. The molecule has 1 amide bonds. The lowest BCUT2D eigenvalue weighted by atomic mass is 9.95. The standard InChI is InChI=1S/C27H29N3O5/c1-2-3-15-35-22-10-5-8-20(17-22)25(32)23-24(19-7-4-9-21(31)16-19)30(27(34)26(23)33)13-6-12-29-14-11-28-18-29/h4-5,7-11,14,16-18,24,31-32H,2-3,6,12-13,15H2,1H3. The highest BCUT2D eigenvalue weighted by atomic mass is 16.5. The average molecular weight is 476 g/mol. The van der Waals surface area contributed by atoms with Gasteiger partial charge in [0.05, 0.1) is 24.5 Å². The summed E-state index contributed by atoms with van der Waals surface area (Å²) in [6.07, 6.45) is 7.68. The summed E-state index contributed by atoms with van der Waals surface area (Å²) in [4.78, 5) is 31.7. The molecule has 1 unspecified atom stereocenters. The molecule has 3 aromatic rings. The zero-order chi connectivity index (χ0) is 24.8. The van der Waals surface area contributed by atoms with Gasteiger partial charge in [-0.15, -0.1) is 0 Å². The average Bonchev–Trinajstić information content (AvgIpc) is 3.46. The van der Waals surface area contributed by atoms with Gasteiger partial charge in [0.1, 0.15) is 17.3 Å². The second kappa shape index (κ2) is 10.9. The van der Waals surface area contributed by atoms with Crippen LogP contribution in [0.15, 0.2) is 72.8 Å². The number of aromatic hydroxyl groups is 1. The molecule has 2 heterocycles. The summed E-state index contributed by atoms with van der Waals surface area (Å²) < 4.78 is 7.64. The number of phenols is 1. The van der Waals surface area contributed by atoms with Crippen LogP contribution in [0.25, 0.3) is 5.76 Å². The van der Waals surface area contributed by atoms with Crippen molar-refractivity contribution in [2.45, 2.75) is 38.8 Å². The Morgan fingerprint density at radius 1 is 1.09 bits per heavy atom. The van der Waals surface area contributed by atoms with Crippen molar-refractivity contribution in [2.24, 2.45) is 0 Å². The number of carbonyl (C=O) groups excluding carboxylic acids is 2. The van der Waals surface area contributed by atoms with E-state index in [0.717, 1.165) is 12.8 Å². The molecule has 4 rings (SSSR count). The zero-order valence-corrected chi connectivity index (χ0v) is 19.6. The number of aromatic nitrogens is 2. The molecule has 2 aromatic carbocycles. The summed E-state index contributed by atoms with van der Waals surface area (Å²) in [5.41, 5.74) is 0.929. The van der Waals surface area contributed by atoms with Crippen LogP contribution < -0.4 is 4.74 Å². The van der Waals surface area contributed by atoms with Crippen LogP contribution in [0.3, 0.4) is 0 Å². The van der Waals surface area contributed by atoms with E-state index in [2.05, 4.69) is 11.9 Å². The molecule has 8 nitrogen and oxygen atoms in total. The predicted molar refractivity (Wildman–Crippen MR) is 131 cm³/mol. The fraction of sp³-hybridized carbons (Fsp3) is 0.296. The number of rotatable bonds is 10. The van der Waals surface area contributed by atoms with Crippen LogP contribution in [-0.4, -0.2) is 49.5 Å². The number of aliphatic hydroxyl groups is 1. The van der Waals surface area contributed by atoms with Crippen molar-refractivity contribution in [1.82, 2.24) is 14.5 Å². The number of aliphatic hydroxyl groups excluding tert-OH is 1. The number of imidazole rings is 1. The minimum Gasteiger partial charge on any atom is -0.508 e. The van der Waals surface area contributed by atoms with Gasteiger partial charge in [0, 0.05) is 31.0 Å². The first-order chi connectivity index (χ1) is 17.0. The summed E-state index contributed by atoms with van der Waals surface area (Å²) >= 11 is 0. The Labute approximate surface area is 204 Å². The maximum Gasteiger partial charge on any atom is 0.295 e. The van der Waals surface area contributed by atoms with Crippen molar-refractivity contribution >= 4 is 17.4 Å². The number of likely N-dealkylation sites (tertiary alicyclic amines) is 1. The number of hydrogen-bond acceptors (Lipinski definition) is 6. The Morgan fingerprint density at radius 3 is 2.66 bits per heavy atom. The Hall–Kier alpha value is -4.07. The maximum atomic E-state index is 13.2. The van der Waals surface area contributed by atoms with Crippen LogP contribution in [0.2, 0.25) is 0 Å². The van der Waals surface area contributed by atoms with E-state index in [1.807, 2.05) is 10.8 Å². The van der Waals surface area contributed by atoms with E-state index in [1.54, 1.807) is 48.9 Å². The van der Waals surface area contributed by atoms with E-state index in [1.165, 1.54) is 17.0 Å². The molecule has 182 valence electrons. The lowest BCUT2D eigenvalue weighted by molar-refractivity contribution is -0.139. The monoisotopic (exact) mass is 475 g/mol. The molecule has 0 aliphatic carbocycles. The second-order valence-electron chi connectivity index (χ2n) is 8.47. The quantitative estimate of drug-likeness (QED) is 0.196. The number of carbonyl (C=O) groups is 2. The van der Waals surface area contributed by atoms with Crippen LogP contribution in [0.4, 0.5) is 0 Å². The van der Waals surface area contributed by atoms with E-state index in [9.17, 15) is 19.8 Å². The predicted octanol–water partition coefficient (Wildman–Crippen LogP) is 4.28. The number of hydrogen-bond donors (Lipinski definition) is 2. The molecule has 1 saturated heterocycles. The first-order valence-corrected chi connectivity index (χ1v) is 11.8. The molecule has 0 radical (unpaired) electrons. The lowest BCUT2D eigenvalue weighted by Gasteiger charge is -2.25. The SMILES string of the molecule is CCCCOc1cccc(C(O)=C2C(=O)C(=O)N(CCCn3ccnc3)C2c2cccc(O)c2)c1. The number of ether oxygens (including phenoxy) is 1. The third-order valence-corrected chi connectivity index (χ3v) is 5.97. The van der Waals surface area contributed by atoms with Crippen molar-refractivity contribution in [3.8, 4) is 11.5 Å². The van der Waals surface area contributed by atoms with Crippen LogP contribution in [0.5, 0.6) is 11.5 Å². The highest BCUT2D eigenvalue weighted by molar-refractivity contribution is 6.46. The second-order valence-corrected chi connectivity index (χ2v) is 8.47. The highest BCUT2D eigenvalue weighted by Crippen LogP contribution is 2.40. The van der Waals surface area contributed by atoms with Gasteiger partial charge in [0.2, 0.25) is 0 Å². The van der Waals surface area contributed by atoms with Gasteiger partial charge < -0.3 is 24.4 Å². The van der Waals surface area contributed by atoms with Crippen molar-refractivity contribution in [3.05, 3.63) is 84.0 Å². The fourth-order valence-corrected chi connectivity index (χ4v) is 4.22. The number of phenolic OH excluding ortho intramolecular Hbond substituents is 1. The minimum absolute atomic E-state index is 0.00561. The van der Waals surface area contributed by atoms with E-state index in [-0.39, 0.29) is 17.1 Å². The molecule has 1 atom stereocenters. The highest BCUT2D eigenvalue weighted by Gasteiger charge is 2.45. The first kappa shape index (κ1) is 24.1. The number of unbranched alkanes of at least 4 members (excludes halogenated alkanes) is 1. The van der Waals surface area contributed by atoms with Gasteiger partial charge in [-0.25, -0.2) is 4.98 Å². The number of amides is 1. The molecule has 1 fully saturated rings. The number of ketones is 1. The fourth-order valence-electron chi connectivity index (χ4n) is 4.22. The van der Waals surface area contributed by atoms with Crippen LogP contribution >= 0.6 is 0 Å². The van der Waals surface area contributed by atoms with Gasteiger partial charge >= 0.3 is 0 Å². The number of Topliss-reactive ketones (excluding diaryl/α,β-unsaturated/α-hetero) is 1. The van der Waals surface area contributed by atoms with Gasteiger partial charge in [-0.2, -0.15) is 0 Å². The van der Waals surface area contributed by atoms with Crippen molar-refractivity contribution in [2.75, 3.05) is 13.2 Å². The normalized spacial score (nSPS) is 17.2. The molecule has 0 spiro atoms. The molecule has 1 aliphatic rings. The Morgan fingerprint density at radius 2 is 1.91 bits per heavy atom. The lowest BCUT2D eigenvalue weighted by Crippen LogP contribution is -2.31. The van der Waals surface area contributed by atoms with Gasteiger partial charge in [0.25, 0.3) is 11.7 Å². The smallest absolute Gasteiger partial charge is 0.295 e. The molecule has 0 bridgehead atoms. The van der Waals surface area contributed by atoms with Gasteiger partial charge in [0.15, 0.2) is 0 Å². The zero-order valence-electron chi connectivity index (χ0n) is 19.6.